The van der Waals surface area contributed by atoms with Crippen LogP contribution in [0.4, 0.5) is 5.69 Å². The molecular formula is C10H9ClN4O2. The molecule has 0 spiro atoms. The summed E-state index contributed by atoms with van der Waals surface area (Å²) < 4.78 is 1.56. The van der Waals surface area contributed by atoms with Crippen molar-refractivity contribution in [2.45, 2.75) is 6.42 Å². The molecule has 88 valence electrons. The maximum atomic E-state index is 10.5. The first-order valence-electron chi connectivity index (χ1n) is 4.93. The number of nitrogens with zero attached hydrogens (tertiary/aromatic N) is 4. The summed E-state index contributed by atoms with van der Waals surface area (Å²) in [7, 11) is 0. The van der Waals surface area contributed by atoms with Gasteiger partial charge >= 0.3 is 0 Å². The van der Waals surface area contributed by atoms with Gasteiger partial charge in [0.15, 0.2) is 0 Å². The van der Waals surface area contributed by atoms with Crippen molar-refractivity contribution in [2.75, 3.05) is 5.88 Å². The lowest BCUT2D eigenvalue weighted by Gasteiger charge is -1.98. The third kappa shape index (κ3) is 2.59. The number of hydrogen-bond acceptors (Lipinski definition) is 4. The van der Waals surface area contributed by atoms with Crippen LogP contribution in [0.1, 0.15) is 5.69 Å². The topological polar surface area (TPSA) is 73.8 Å². The summed E-state index contributed by atoms with van der Waals surface area (Å²) in [4.78, 5) is 10.1. The summed E-state index contributed by atoms with van der Waals surface area (Å²) in [6, 6.07) is 6.10. The smallest absolute Gasteiger partial charge is 0.258 e. The fraction of sp³-hybridized carbons (Fsp3) is 0.200. The molecule has 2 aromatic rings. The second-order valence-corrected chi connectivity index (χ2v) is 3.74. The lowest BCUT2D eigenvalue weighted by molar-refractivity contribution is -0.384. The molecule has 0 saturated heterocycles. The van der Waals surface area contributed by atoms with Crippen molar-refractivity contribution in [2.24, 2.45) is 0 Å². The summed E-state index contributed by atoms with van der Waals surface area (Å²) in [6.07, 6.45) is 2.40. The molecule has 7 heteroatoms. The Hall–Kier alpha value is -1.95. The zero-order valence-electron chi connectivity index (χ0n) is 8.78. The molecule has 0 amide bonds. The van der Waals surface area contributed by atoms with Crippen molar-refractivity contribution >= 4 is 17.3 Å². The molecule has 6 nitrogen and oxygen atoms in total. The molecular weight excluding hydrogens is 244 g/mol. The molecule has 1 aromatic carbocycles. The number of non-ortho nitro benzene ring substituents is 1. The fourth-order valence-corrected chi connectivity index (χ4v) is 1.56. The van der Waals surface area contributed by atoms with Crippen molar-refractivity contribution in [3.8, 4) is 5.69 Å². The summed E-state index contributed by atoms with van der Waals surface area (Å²) >= 11 is 5.59. The Balaban J connectivity index is 2.23. The molecule has 0 aliphatic carbocycles. The molecule has 2 rings (SSSR count). The number of aryl methyl sites for hydroxylation is 1. The van der Waals surface area contributed by atoms with Gasteiger partial charge in [-0.2, -0.15) is 0 Å². The molecule has 1 heterocycles. The van der Waals surface area contributed by atoms with Gasteiger partial charge in [0.2, 0.25) is 0 Å². The minimum absolute atomic E-state index is 0.0508. The molecule has 0 saturated carbocycles. The van der Waals surface area contributed by atoms with Crippen LogP contribution in [0.25, 0.3) is 5.69 Å². The first-order valence-corrected chi connectivity index (χ1v) is 5.46. The Labute approximate surface area is 102 Å². The molecule has 0 bridgehead atoms. The predicted molar refractivity (Wildman–Crippen MR) is 62.4 cm³/mol. The summed E-state index contributed by atoms with van der Waals surface area (Å²) in [6.45, 7) is 0. The third-order valence-electron chi connectivity index (χ3n) is 2.22. The van der Waals surface area contributed by atoms with E-state index in [-0.39, 0.29) is 5.69 Å². The Morgan fingerprint density at radius 2 is 2.06 bits per heavy atom. The minimum atomic E-state index is -0.440. The van der Waals surface area contributed by atoms with Gasteiger partial charge in [-0.3, -0.25) is 10.1 Å². The molecule has 0 aliphatic heterocycles. The van der Waals surface area contributed by atoms with Crippen molar-refractivity contribution in [3.05, 3.63) is 46.3 Å². The van der Waals surface area contributed by atoms with E-state index >= 15 is 0 Å². The van der Waals surface area contributed by atoms with Crippen LogP contribution in [0.5, 0.6) is 0 Å². The molecule has 17 heavy (non-hydrogen) atoms. The van der Waals surface area contributed by atoms with Crippen LogP contribution in [0.3, 0.4) is 0 Å². The van der Waals surface area contributed by atoms with Crippen LogP contribution in [-0.4, -0.2) is 25.8 Å². The van der Waals surface area contributed by atoms with E-state index < -0.39 is 4.92 Å². The summed E-state index contributed by atoms with van der Waals surface area (Å²) in [5.41, 5.74) is 1.57. The SMILES string of the molecule is O=[N+]([O-])c1ccc(-n2cc(CCCl)nn2)cc1. The van der Waals surface area contributed by atoms with Gasteiger partial charge < -0.3 is 0 Å². The Morgan fingerprint density at radius 1 is 1.35 bits per heavy atom. The third-order valence-corrected chi connectivity index (χ3v) is 2.41. The second kappa shape index (κ2) is 4.92. The fourth-order valence-electron chi connectivity index (χ4n) is 1.36. The lowest BCUT2D eigenvalue weighted by Crippen LogP contribution is -1.95. The van der Waals surface area contributed by atoms with E-state index in [2.05, 4.69) is 10.3 Å². The largest absolute Gasteiger partial charge is 0.269 e. The number of nitro benzene ring substituents is 1. The van der Waals surface area contributed by atoms with E-state index in [1.165, 1.54) is 12.1 Å². The summed E-state index contributed by atoms with van der Waals surface area (Å²) in [5, 5.41) is 18.3. The molecule has 0 unspecified atom stereocenters. The number of benzene rings is 1. The van der Waals surface area contributed by atoms with Gasteiger partial charge in [0.05, 0.1) is 22.5 Å². The first-order chi connectivity index (χ1) is 8.20. The zero-order chi connectivity index (χ0) is 12.3. The highest BCUT2D eigenvalue weighted by Crippen LogP contribution is 2.14. The summed E-state index contributed by atoms with van der Waals surface area (Å²) in [5.74, 6) is 0.485. The Kier molecular flexibility index (Phi) is 3.34. The minimum Gasteiger partial charge on any atom is -0.258 e. The quantitative estimate of drug-likeness (QED) is 0.474. The van der Waals surface area contributed by atoms with Gasteiger partial charge in [-0.25, -0.2) is 4.68 Å². The van der Waals surface area contributed by atoms with Gasteiger partial charge in [0, 0.05) is 24.4 Å². The normalized spacial score (nSPS) is 10.4. The van der Waals surface area contributed by atoms with Gasteiger partial charge in [0.1, 0.15) is 0 Å². The van der Waals surface area contributed by atoms with Crippen LogP contribution >= 0.6 is 11.6 Å². The van der Waals surface area contributed by atoms with Gasteiger partial charge in [0.25, 0.3) is 5.69 Å². The van der Waals surface area contributed by atoms with Crippen LogP contribution < -0.4 is 0 Å². The van der Waals surface area contributed by atoms with Crippen LogP contribution in [0.2, 0.25) is 0 Å². The predicted octanol–water partition coefficient (Wildman–Crippen LogP) is 1.96. The molecule has 1 aromatic heterocycles. The molecule has 0 atom stereocenters. The number of alkyl halides is 1. The Morgan fingerprint density at radius 3 is 2.65 bits per heavy atom. The van der Waals surface area contributed by atoms with Crippen LogP contribution in [0, 0.1) is 10.1 Å². The molecule has 0 aliphatic rings. The second-order valence-electron chi connectivity index (χ2n) is 3.37. The standard InChI is InChI=1S/C10H9ClN4O2/c11-6-5-8-7-14(13-12-8)9-1-3-10(4-2-9)15(16)17/h1-4,7H,5-6H2. The van der Waals surface area contributed by atoms with Gasteiger partial charge in [-0.05, 0) is 12.1 Å². The highest BCUT2D eigenvalue weighted by molar-refractivity contribution is 6.17. The van der Waals surface area contributed by atoms with E-state index in [0.717, 1.165) is 11.4 Å². The van der Waals surface area contributed by atoms with Crippen molar-refractivity contribution in [1.82, 2.24) is 15.0 Å². The zero-order valence-corrected chi connectivity index (χ0v) is 9.54. The van der Waals surface area contributed by atoms with Gasteiger partial charge in [-0.1, -0.05) is 5.21 Å². The highest BCUT2D eigenvalue weighted by Gasteiger charge is 2.06. The average molecular weight is 253 g/mol. The highest BCUT2D eigenvalue weighted by atomic mass is 35.5. The number of aromatic nitrogens is 3. The Bertz CT molecular complexity index is 523. The van der Waals surface area contributed by atoms with E-state index in [9.17, 15) is 10.1 Å². The van der Waals surface area contributed by atoms with E-state index in [0.29, 0.717) is 12.3 Å². The van der Waals surface area contributed by atoms with E-state index in [1.54, 1.807) is 23.0 Å². The average Bonchev–Trinajstić information content (AvgIpc) is 2.78. The van der Waals surface area contributed by atoms with Gasteiger partial charge in [-0.15, -0.1) is 16.7 Å². The number of hydrogen-bond donors (Lipinski definition) is 0. The van der Waals surface area contributed by atoms with E-state index in [1.807, 2.05) is 0 Å². The number of nitro groups is 1. The number of halogens is 1. The van der Waals surface area contributed by atoms with E-state index in [4.69, 9.17) is 11.6 Å². The lowest BCUT2D eigenvalue weighted by atomic mass is 10.3. The number of rotatable bonds is 4. The van der Waals surface area contributed by atoms with Crippen molar-refractivity contribution in [3.63, 3.8) is 0 Å². The van der Waals surface area contributed by atoms with Crippen LogP contribution in [-0.2, 0) is 6.42 Å². The molecule has 0 fully saturated rings. The van der Waals surface area contributed by atoms with Crippen molar-refractivity contribution in [1.29, 1.82) is 0 Å². The maximum Gasteiger partial charge on any atom is 0.269 e. The van der Waals surface area contributed by atoms with Crippen molar-refractivity contribution < 1.29 is 4.92 Å². The maximum absolute atomic E-state index is 10.5. The molecule has 0 radical (unpaired) electrons. The van der Waals surface area contributed by atoms with Crippen LogP contribution in [0.15, 0.2) is 30.5 Å². The monoisotopic (exact) mass is 252 g/mol. The molecule has 0 N–H and O–H groups in total. The first kappa shape index (κ1) is 11.5.